The topological polar surface area (TPSA) is 63.2 Å². The zero-order valence-corrected chi connectivity index (χ0v) is 8.72. The third kappa shape index (κ3) is 1.84. The van der Waals surface area contributed by atoms with Gasteiger partial charge < -0.3 is 0 Å². The summed E-state index contributed by atoms with van der Waals surface area (Å²) in [6, 6.07) is 0. The number of carbonyl (C=O) groups excluding carboxylic acids is 3. The van der Waals surface area contributed by atoms with Gasteiger partial charge in [0.25, 0.3) is 0 Å². The highest BCUT2D eigenvalue weighted by Gasteiger charge is 2.41. The van der Waals surface area contributed by atoms with E-state index in [-0.39, 0.29) is 23.5 Å². The summed E-state index contributed by atoms with van der Waals surface area (Å²) in [7, 11) is 0. The van der Waals surface area contributed by atoms with Crippen LogP contribution in [0, 0.1) is 11.3 Å². The molecule has 1 rings (SSSR count). The third-order valence-electron chi connectivity index (χ3n) is 3.02. The normalized spacial score (nSPS) is 23.2. The van der Waals surface area contributed by atoms with E-state index in [2.05, 4.69) is 5.32 Å². The molecular formula is C10H15NO3. The van der Waals surface area contributed by atoms with Gasteiger partial charge in [-0.15, -0.1) is 0 Å². The van der Waals surface area contributed by atoms with Crippen LogP contribution < -0.4 is 5.32 Å². The molecule has 1 heterocycles. The Labute approximate surface area is 83.1 Å². The summed E-state index contributed by atoms with van der Waals surface area (Å²) in [5, 5.41) is 2.26. The number of hydrogen-bond acceptors (Lipinski definition) is 3. The SMILES string of the molecule is CC(=O)C(C)(C)C1CCC(=O)NC1=O. The molecule has 0 spiro atoms. The van der Waals surface area contributed by atoms with Crippen molar-refractivity contribution in [2.24, 2.45) is 11.3 Å². The lowest BCUT2D eigenvalue weighted by Crippen LogP contribution is -2.48. The highest BCUT2D eigenvalue weighted by Crippen LogP contribution is 2.33. The highest BCUT2D eigenvalue weighted by molar-refractivity contribution is 6.01. The fourth-order valence-electron chi connectivity index (χ4n) is 1.63. The fourth-order valence-corrected chi connectivity index (χ4v) is 1.63. The number of Topliss-reactive ketones (excluding diaryl/α,β-unsaturated/α-hetero) is 1. The standard InChI is InChI=1S/C10H15NO3/c1-6(12)10(2,3)7-4-5-8(13)11-9(7)14/h7H,4-5H2,1-3H3,(H,11,13,14). The van der Waals surface area contributed by atoms with Crippen LogP contribution in [0.25, 0.3) is 0 Å². The van der Waals surface area contributed by atoms with Crippen molar-refractivity contribution in [2.75, 3.05) is 0 Å². The first-order chi connectivity index (χ1) is 6.35. The predicted octanol–water partition coefficient (Wildman–Crippen LogP) is 0.654. The van der Waals surface area contributed by atoms with E-state index in [1.165, 1.54) is 6.92 Å². The van der Waals surface area contributed by atoms with Crippen LogP contribution in [-0.2, 0) is 14.4 Å². The zero-order valence-electron chi connectivity index (χ0n) is 8.72. The first-order valence-corrected chi connectivity index (χ1v) is 4.70. The average Bonchev–Trinajstić information content (AvgIpc) is 2.02. The maximum Gasteiger partial charge on any atom is 0.230 e. The van der Waals surface area contributed by atoms with Crippen LogP contribution in [0.2, 0.25) is 0 Å². The lowest BCUT2D eigenvalue weighted by atomic mass is 9.72. The monoisotopic (exact) mass is 197 g/mol. The summed E-state index contributed by atoms with van der Waals surface area (Å²) < 4.78 is 0. The summed E-state index contributed by atoms with van der Waals surface area (Å²) in [5.74, 6) is -0.961. The van der Waals surface area contributed by atoms with Gasteiger partial charge in [0.2, 0.25) is 11.8 Å². The fraction of sp³-hybridized carbons (Fsp3) is 0.700. The van der Waals surface area contributed by atoms with Crippen LogP contribution >= 0.6 is 0 Å². The number of amides is 2. The van der Waals surface area contributed by atoms with Crippen molar-refractivity contribution in [3.63, 3.8) is 0 Å². The molecule has 0 radical (unpaired) electrons. The van der Waals surface area contributed by atoms with Crippen molar-refractivity contribution in [3.05, 3.63) is 0 Å². The Kier molecular flexibility index (Phi) is 2.73. The Balaban J connectivity index is 2.84. The van der Waals surface area contributed by atoms with E-state index in [0.29, 0.717) is 12.8 Å². The van der Waals surface area contributed by atoms with E-state index >= 15 is 0 Å². The van der Waals surface area contributed by atoms with Gasteiger partial charge in [-0.2, -0.15) is 0 Å². The van der Waals surface area contributed by atoms with E-state index in [9.17, 15) is 14.4 Å². The predicted molar refractivity (Wildman–Crippen MR) is 50.3 cm³/mol. The molecule has 78 valence electrons. The van der Waals surface area contributed by atoms with E-state index < -0.39 is 5.41 Å². The van der Waals surface area contributed by atoms with Gasteiger partial charge in [0.15, 0.2) is 0 Å². The van der Waals surface area contributed by atoms with Gasteiger partial charge in [0, 0.05) is 11.8 Å². The van der Waals surface area contributed by atoms with Gasteiger partial charge in [-0.3, -0.25) is 19.7 Å². The summed E-state index contributed by atoms with van der Waals surface area (Å²) in [5.41, 5.74) is -0.676. The van der Waals surface area contributed by atoms with E-state index in [1.54, 1.807) is 13.8 Å². The second-order valence-electron chi connectivity index (χ2n) is 4.28. The Morgan fingerprint density at radius 2 is 2.00 bits per heavy atom. The molecule has 0 aromatic carbocycles. The van der Waals surface area contributed by atoms with Gasteiger partial charge in [0.1, 0.15) is 5.78 Å². The van der Waals surface area contributed by atoms with E-state index in [1.807, 2.05) is 0 Å². The number of nitrogens with one attached hydrogen (secondary N) is 1. The summed E-state index contributed by atoms with van der Waals surface area (Å²) in [6.07, 6.45) is 0.796. The van der Waals surface area contributed by atoms with Crippen LogP contribution in [0.4, 0.5) is 0 Å². The molecule has 2 amide bonds. The van der Waals surface area contributed by atoms with Gasteiger partial charge in [-0.25, -0.2) is 0 Å². The molecule has 1 fully saturated rings. The molecule has 1 unspecified atom stereocenters. The Hall–Kier alpha value is -1.19. The Morgan fingerprint density at radius 1 is 1.43 bits per heavy atom. The minimum atomic E-state index is -0.676. The smallest absolute Gasteiger partial charge is 0.230 e. The summed E-state index contributed by atoms with van der Waals surface area (Å²) in [6.45, 7) is 4.97. The Morgan fingerprint density at radius 3 is 2.43 bits per heavy atom. The van der Waals surface area contributed by atoms with Crippen molar-refractivity contribution in [2.45, 2.75) is 33.6 Å². The van der Waals surface area contributed by atoms with Crippen molar-refractivity contribution in [1.82, 2.24) is 5.32 Å². The number of hydrogen-bond donors (Lipinski definition) is 1. The van der Waals surface area contributed by atoms with Gasteiger partial charge >= 0.3 is 0 Å². The first kappa shape index (κ1) is 10.9. The molecule has 4 heteroatoms. The number of carbonyl (C=O) groups is 3. The maximum absolute atomic E-state index is 11.5. The molecule has 4 nitrogen and oxygen atoms in total. The van der Waals surface area contributed by atoms with Crippen LogP contribution in [0.5, 0.6) is 0 Å². The molecule has 1 aliphatic heterocycles. The quantitative estimate of drug-likeness (QED) is 0.661. The highest BCUT2D eigenvalue weighted by atomic mass is 16.2. The molecule has 1 N–H and O–H groups in total. The molecule has 1 atom stereocenters. The summed E-state index contributed by atoms with van der Waals surface area (Å²) >= 11 is 0. The number of imide groups is 1. The van der Waals surface area contributed by atoms with Crippen LogP contribution in [-0.4, -0.2) is 17.6 Å². The summed E-state index contributed by atoms with van der Waals surface area (Å²) in [4.78, 5) is 33.7. The second kappa shape index (κ2) is 3.52. The van der Waals surface area contributed by atoms with Crippen LogP contribution in [0.15, 0.2) is 0 Å². The zero-order chi connectivity index (χ0) is 10.9. The average molecular weight is 197 g/mol. The van der Waals surface area contributed by atoms with E-state index in [0.717, 1.165) is 0 Å². The third-order valence-corrected chi connectivity index (χ3v) is 3.02. The minimum Gasteiger partial charge on any atom is -0.299 e. The first-order valence-electron chi connectivity index (χ1n) is 4.70. The number of ketones is 1. The van der Waals surface area contributed by atoms with Gasteiger partial charge in [-0.1, -0.05) is 13.8 Å². The molecule has 0 bridgehead atoms. The molecule has 1 saturated heterocycles. The second-order valence-corrected chi connectivity index (χ2v) is 4.28. The minimum absolute atomic E-state index is 0.0213. The van der Waals surface area contributed by atoms with Crippen LogP contribution in [0.1, 0.15) is 33.6 Å². The lowest BCUT2D eigenvalue weighted by molar-refractivity contribution is -0.144. The Bertz CT molecular complexity index is 294. The number of rotatable bonds is 2. The van der Waals surface area contributed by atoms with Crippen molar-refractivity contribution >= 4 is 17.6 Å². The maximum atomic E-state index is 11.5. The molecule has 14 heavy (non-hydrogen) atoms. The van der Waals surface area contributed by atoms with Gasteiger partial charge in [-0.05, 0) is 13.3 Å². The molecule has 1 aliphatic rings. The molecule has 0 saturated carbocycles. The lowest BCUT2D eigenvalue weighted by Gasteiger charge is -2.33. The van der Waals surface area contributed by atoms with Crippen molar-refractivity contribution in [1.29, 1.82) is 0 Å². The van der Waals surface area contributed by atoms with E-state index in [4.69, 9.17) is 0 Å². The largest absolute Gasteiger partial charge is 0.299 e. The molecule has 0 aromatic rings. The molecule has 0 aromatic heterocycles. The molecular weight excluding hydrogens is 182 g/mol. The van der Waals surface area contributed by atoms with Crippen LogP contribution in [0.3, 0.4) is 0 Å². The number of piperidine rings is 1. The van der Waals surface area contributed by atoms with Crippen molar-refractivity contribution < 1.29 is 14.4 Å². The van der Waals surface area contributed by atoms with Gasteiger partial charge in [0.05, 0.1) is 5.92 Å². The molecule has 0 aliphatic carbocycles. The van der Waals surface area contributed by atoms with Crippen molar-refractivity contribution in [3.8, 4) is 0 Å².